The molecule has 8 rings (SSSR count). The molecular formula is C44H45Br3Cl2N6O4. The average Bonchev–Trinajstić information content (AvgIpc) is 3.48. The average molecular weight is 1030 g/mol. The molecular weight excluding hydrogens is 987 g/mol. The second kappa shape index (κ2) is 19.0. The molecule has 4 aliphatic rings. The fraction of sp³-hybridized carbons (Fsp3) is 0.364. The fourth-order valence-corrected chi connectivity index (χ4v) is 10.3. The Labute approximate surface area is 380 Å². The van der Waals surface area contributed by atoms with E-state index < -0.39 is 0 Å². The number of carbonyl (C=O) groups excluding carboxylic acids is 2. The summed E-state index contributed by atoms with van der Waals surface area (Å²) in [5.41, 5.74) is 27.3. The third-order valence-electron chi connectivity index (χ3n) is 11.2. The SMILES string of the molecule is CCOC(=O)N1CCC(=C2c3cc(N)c(Cl)cc3CCc3cc(Br)cnc32)CC1.CCOC(=O)N1CCC(=C2c3ncc(Br)cc3CCc3cc(Cl)c(N)c(Br)c32)CC1. The largest absolute Gasteiger partial charge is 0.450 e. The van der Waals surface area contributed by atoms with Crippen LogP contribution in [0.15, 0.2) is 67.3 Å². The molecule has 59 heavy (non-hydrogen) atoms. The van der Waals surface area contributed by atoms with E-state index in [9.17, 15) is 9.59 Å². The maximum Gasteiger partial charge on any atom is 0.409 e. The molecule has 0 radical (unpaired) electrons. The first kappa shape index (κ1) is 43.5. The maximum atomic E-state index is 12.1. The van der Waals surface area contributed by atoms with E-state index in [-0.39, 0.29) is 12.2 Å². The van der Waals surface area contributed by atoms with Gasteiger partial charge in [-0.2, -0.15) is 0 Å². The smallest absolute Gasteiger partial charge is 0.409 e. The molecule has 15 heteroatoms. The van der Waals surface area contributed by atoms with Crippen molar-refractivity contribution in [2.75, 3.05) is 50.9 Å². The van der Waals surface area contributed by atoms with Gasteiger partial charge in [-0.15, -0.1) is 0 Å². The third-order valence-corrected chi connectivity index (χ3v) is 13.6. The van der Waals surface area contributed by atoms with Crippen molar-refractivity contribution < 1.29 is 19.1 Å². The van der Waals surface area contributed by atoms with Crippen LogP contribution in [0, 0.1) is 0 Å². The van der Waals surface area contributed by atoms with Crippen LogP contribution in [-0.2, 0) is 35.2 Å². The molecule has 4 aromatic rings. The van der Waals surface area contributed by atoms with Crippen LogP contribution in [0.4, 0.5) is 21.0 Å². The number of pyridine rings is 2. The normalized spacial score (nSPS) is 16.1. The van der Waals surface area contributed by atoms with E-state index in [2.05, 4.69) is 59.9 Å². The Bertz CT molecular complexity index is 2370. The number of hydrogen-bond acceptors (Lipinski definition) is 8. The Hall–Kier alpha value is -3.62. The number of likely N-dealkylation sites (tertiary alicyclic amines) is 2. The zero-order chi connectivity index (χ0) is 42.0. The number of ether oxygens (including phenoxy) is 2. The number of aryl methyl sites for hydroxylation is 4. The fourth-order valence-electron chi connectivity index (χ4n) is 8.35. The summed E-state index contributed by atoms with van der Waals surface area (Å²) in [5.74, 6) is 0. The van der Waals surface area contributed by atoms with Crippen LogP contribution in [0.25, 0.3) is 11.1 Å². The van der Waals surface area contributed by atoms with Crippen molar-refractivity contribution in [2.24, 2.45) is 0 Å². The molecule has 2 saturated heterocycles. The van der Waals surface area contributed by atoms with E-state index >= 15 is 0 Å². The molecule has 2 aromatic heterocycles. The Morgan fingerprint density at radius 2 is 1.10 bits per heavy atom. The first-order chi connectivity index (χ1) is 28.4. The lowest BCUT2D eigenvalue weighted by atomic mass is 9.88. The molecule has 0 bridgehead atoms. The van der Waals surface area contributed by atoms with E-state index in [1.54, 1.807) is 9.80 Å². The zero-order valence-electron chi connectivity index (χ0n) is 32.9. The number of halogens is 5. The minimum absolute atomic E-state index is 0.240. The highest BCUT2D eigenvalue weighted by molar-refractivity contribution is 9.11. The monoisotopic (exact) mass is 1030 g/mol. The predicted molar refractivity (Wildman–Crippen MR) is 246 cm³/mol. The summed E-state index contributed by atoms with van der Waals surface area (Å²) in [6.07, 6.45) is 9.78. The van der Waals surface area contributed by atoms with Crippen LogP contribution in [-0.4, -0.2) is 71.3 Å². The second-order valence-corrected chi connectivity index (χ2v) is 18.2. The number of aromatic nitrogens is 2. The molecule has 2 amide bonds. The standard InChI is InChI=1S/C22H22Br2ClN3O2.C22H23BrClN3O2/c1-2-30-22(29)28-7-5-12(6-8-28)18-17-13(10-16(25)20(26)19(17)24)3-4-14-9-15(23)11-27-21(14)18;1-2-29-22(28)27-7-5-13(6-8-27)20-17-11-19(25)18(24)10-14(17)3-4-15-9-16(23)12-26-21(15)20/h9-11H,2-8,26H2,1H3;9-12H,2-8,25H2,1H3. The summed E-state index contributed by atoms with van der Waals surface area (Å²) in [7, 11) is 0. The molecule has 4 heterocycles. The van der Waals surface area contributed by atoms with E-state index in [1.807, 2.05) is 44.4 Å². The van der Waals surface area contributed by atoms with Crippen LogP contribution in [0.2, 0.25) is 10.0 Å². The topological polar surface area (TPSA) is 137 Å². The van der Waals surface area contributed by atoms with Gasteiger partial charge in [-0.3, -0.25) is 9.97 Å². The van der Waals surface area contributed by atoms with E-state index in [0.717, 1.165) is 104 Å². The second-order valence-electron chi connectivity index (χ2n) is 14.8. The lowest BCUT2D eigenvalue weighted by Crippen LogP contribution is -2.37. The number of fused-ring (bicyclic) bond motifs is 4. The van der Waals surface area contributed by atoms with Gasteiger partial charge >= 0.3 is 12.2 Å². The molecule has 2 aromatic carbocycles. The molecule has 2 fully saturated rings. The lowest BCUT2D eigenvalue weighted by molar-refractivity contribution is 0.103. The van der Waals surface area contributed by atoms with E-state index in [0.29, 0.717) is 60.8 Å². The number of piperidine rings is 2. The Morgan fingerprint density at radius 3 is 1.63 bits per heavy atom. The molecule has 0 atom stereocenters. The van der Waals surface area contributed by atoms with Crippen molar-refractivity contribution in [2.45, 2.75) is 65.2 Å². The highest BCUT2D eigenvalue weighted by atomic mass is 79.9. The summed E-state index contributed by atoms with van der Waals surface area (Å²) in [5, 5.41) is 1.15. The molecule has 4 N–H and O–H groups in total. The van der Waals surface area contributed by atoms with Gasteiger partial charge in [-0.1, -0.05) is 34.3 Å². The molecule has 310 valence electrons. The van der Waals surface area contributed by atoms with Gasteiger partial charge in [-0.25, -0.2) is 9.59 Å². The van der Waals surface area contributed by atoms with Gasteiger partial charge in [0.25, 0.3) is 0 Å². The third kappa shape index (κ3) is 9.34. The van der Waals surface area contributed by atoms with Crippen molar-refractivity contribution in [3.05, 3.63) is 122 Å². The number of nitrogen functional groups attached to an aromatic ring is 2. The van der Waals surface area contributed by atoms with Crippen molar-refractivity contribution in [3.8, 4) is 0 Å². The van der Waals surface area contributed by atoms with Crippen LogP contribution in [0.3, 0.4) is 0 Å². The predicted octanol–water partition coefficient (Wildman–Crippen LogP) is 11.2. The molecule has 0 saturated carbocycles. The molecule has 10 nitrogen and oxygen atoms in total. The van der Waals surface area contributed by atoms with Crippen LogP contribution >= 0.6 is 71.0 Å². The quantitative estimate of drug-likeness (QED) is 0.189. The molecule has 2 aliphatic heterocycles. The van der Waals surface area contributed by atoms with Gasteiger partial charge in [0, 0.05) is 64.2 Å². The first-order valence-corrected chi connectivity index (χ1v) is 22.9. The summed E-state index contributed by atoms with van der Waals surface area (Å²) in [6.45, 7) is 6.96. The number of amides is 2. The molecule has 0 unspecified atom stereocenters. The zero-order valence-corrected chi connectivity index (χ0v) is 39.2. The number of benzene rings is 2. The van der Waals surface area contributed by atoms with Gasteiger partial charge in [0.05, 0.1) is 50.5 Å². The number of nitrogens with zero attached hydrogens (tertiary/aromatic N) is 4. The van der Waals surface area contributed by atoms with Crippen molar-refractivity contribution in [1.29, 1.82) is 0 Å². The minimum atomic E-state index is -0.248. The summed E-state index contributed by atoms with van der Waals surface area (Å²) < 4.78 is 13.1. The highest BCUT2D eigenvalue weighted by Gasteiger charge is 2.31. The molecule has 0 spiro atoms. The van der Waals surface area contributed by atoms with Crippen molar-refractivity contribution >= 4 is 106 Å². The van der Waals surface area contributed by atoms with Crippen LogP contribution in [0.1, 0.15) is 84.3 Å². The van der Waals surface area contributed by atoms with E-state index in [1.165, 1.54) is 27.8 Å². The highest BCUT2D eigenvalue weighted by Crippen LogP contribution is 2.46. The molecule has 2 aliphatic carbocycles. The lowest BCUT2D eigenvalue weighted by Gasteiger charge is -2.30. The first-order valence-electron chi connectivity index (χ1n) is 19.8. The van der Waals surface area contributed by atoms with Crippen LogP contribution < -0.4 is 11.5 Å². The number of rotatable bonds is 2. The van der Waals surface area contributed by atoms with Gasteiger partial charge in [0.2, 0.25) is 0 Å². The van der Waals surface area contributed by atoms with Crippen LogP contribution in [0.5, 0.6) is 0 Å². The number of nitrogens with two attached hydrogens (primary N) is 2. The van der Waals surface area contributed by atoms with Gasteiger partial charge in [0.15, 0.2) is 0 Å². The minimum Gasteiger partial charge on any atom is -0.450 e. The maximum absolute atomic E-state index is 12.1. The van der Waals surface area contributed by atoms with Crippen molar-refractivity contribution in [1.82, 2.24) is 19.8 Å². The Kier molecular flexibility index (Phi) is 14.0. The summed E-state index contributed by atoms with van der Waals surface area (Å²) in [6, 6.07) is 10.2. The summed E-state index contributed by atoms with van der Waals surface area (Å²) in [4.78, 5) is 37.4. The van der Waals surface area contributed by atoms with Crippen molar-refractivity contribution in [3.63, 3.8) is 0 Å². The van der Waals surface area contributed by atoms with Gasteiger partial charge in [0.1, 0.15) is 0 Å². The Morgan fingerprint density at radius 1 is 0.644 bits per heavy atom. The number of carbonyl (C=O) groups is 2. The van der Waals surface area contributed by atoms with E-state index in [4.69, 9.17) is 54.1 Å². The number of hydrogen-bond donors (Lipinski definition) is 2. The number of anilines is 2. The summed E-state index contributed by atoms with van der Waals surface area (Å²) >= 11 is 23.6. The Balaban J connectivity index is 0.000000179. The van der Waals surface area contributed by atoms with Gasteiger partial charge < -0.3 is 30.7 Å². The van der Waals surface area contributed by atoms with Gasteiger partial charge in [-0.05, 0) is 171 Å².